The van der Waals surface area contributed by atoms with E-state index in [9.17, 15) is 4.79 Å². The van der Waals surface area contributed by atoms with Crippen LogP contribution < -0.4 is 10.1 Å². The summed E-state index contributed by atoms with van der Waals surface area (Å²) in [6, 6.07) is 5.64. The molecule has 1 N–H and O–H groups in total. The second-order valence-electron chi connectivity index (χ2n) is 4.47. The SMILES string of the molecule is COc1cc(NC(=O)C2(C#N)CCC2)c(Br)cc1Br. The molecule has 1 aliphatic carbocycles. The van der Waals surface area contributed by atoms with Gasteiger partial charge in [0.25, 0.3) is 0 Å². The molecule has 1 aliphatic rings. The Hall–Kier alpha value is -1.06. The van der Waals surface area contributed by atoms with Crippen LogP contribution in [0.5, 0.6) is 5.75 Å². The number of amides is 1. The fraction of sp³-hybridized carbons (Fsp3) is 0.385. The summed E-state index contributed by atoms with van der Waals surface area (Å²) in [6.07, 6.45) is 2.17. The summed E-state index contributed by atoms with van der Waals surface area (Å²) in [6.45, 7) is 0. The molecule has 0 radical (unpaired) electrons. The van der Waals surface area contributed by atoms with Crippen LogP contribution in [0.2, 0.25) is 0 Å². The van der Waals surface area contributed by atoms with Gasteiger partial charge in [-0.2, -0.15) is 5.26 Å². The molecule has 0 saturated heterocycles. The third kappa shape index (κ3) is 2.63. The first kappa shape index (κ1) is 14.4. The molecule has 0 aromatic heterocycles. The predicted molar refractivity (Wildman–Crippen MR) is 78.9 cm³/mol. The standard InChI is InChI=1S/C13H12Br2N2O2/c1-19-11-6-10(8(14)5-9(11)15)17-12(18)13(7-16)3-2-4-13/h5-6H,2-4H2,1H3,(H,17,18). The first-order valence-corrected chi connectivity index (χ1v) is 7.37. The molecule has 1 aromatic carbocycles. The third-order valence-corrected chi connectivity index (χ3v) is 4.62. The van der Waals surface area contributed by atoms with E-state index >= 15 is 0 Å². The average Bonchev–Trinajstić information content (AvgIpc) is 2.32. The smallest absolute Gasteiger partial charge is 0.244 e. The number of ether oxygens (including phenoxy) is 1. The molecule has 6 heteroatoms. The monoisotopic (exact) mass is 386 g/mol. The first-order chi connectivity index (χ1) is 9.02. The highest BCUT2D eigenvalue weighted by molar-refractivity contribution is 9.11. The molecule has 1 amide bonds. The van der Waals surface area contributed by atoms with Gasteiger partial charge in [-0.1, -0.05) is 0 Å². The summed E-state index contributed by atoms with van der Waals surface area (Å²) >= 11 is 6.75. The van der Waals surface area contributed by atoms with Gasteiger partial charge >= 0.3 is 0 Å². The summed E-state index contributed by atoms with van der Waals surface area (Å²) in [5.41, 5.74) is -0.258. The van der Waals surface area contributed by atoms with Gasteiger partial charge in [-0.05, 0) is 57.2 Å². The highest BCUT2D eigenvalue weighted by Gasteiger charge is 2.44. The van der Waals surface area contributed by atoms with Crippen molar-refractivity contribution >= 4 is 43.5 Å². The van der Waals surface area contributed by atoms with E-state index in [-0.39, 0.29) is 5.91 Å². The normalized spacial score (nSPS) is 16.1. The van der Waals surface area contributed by atoms with Crippen molar-refractivity contribution in [3.8, 4) is 11.8 Å². The molecule has 0 heterocycles. The van der Waals surface area contributed by atoms with Crippen molar-refractivity contribution in [3.63, 3.8) is 0 Å². The highest BCUT2D eigenvalue weighted by atomic mass is 79.9. The molecule has 2 rings (SSSR count). The Kier molecular flexibility index (Phi) is 4.16. The van der Waals surface area contributed by atoms with Crippen molar-refractivity contribution in [1.82, 2.24) is 0 Å². The largest absolute Gasteiger partial charge is 0.495 e. The van der Waals surface area contributed by atoms with E-state index in [1.54, 1.807) is 19.2 Å². The molecule has 0 unspecified atom stereocenters. The maximum atomic E-state index is 12.2. The molecular weight excluding hydrogens is 376 g/mol. The van der Waals surface area contributed by atoms with E-state index < -0.39 is 5.41 Å². The lowest BCUT2D eigenvalue weighted by Crippen LogP contribution is -2.40. The van der Waals surface area contributed by atoms with Crippen LogP contribution in [0.1, 0.15) is 19.3 Å². The van der Waals surface area contributed by atoms with E-state index in [1.807, 2.05) is 0 Å². The number of anilines is 1. The Morgan fingerprint density at radius 3 is 2.58 bits per heavy atom. The highest BCUT2D eigenvalue weighted by Crippen LogP contribution is 2.42. The molecule has 1 saturated carbocycles. The molecule has 0 bridgehead atoms. The number of carbonyl (C=O) groups is 1. The van der Waals surface area contributed by atoms with Crippen LogP contribution in [0, 0.1) is 16.7 Å². The van der Waals surface area contributed by atoms with E-state index in [4.69, 9.17) is 10.00 Å². The minimum atomic E-state index is -0.861. The molecule has 100 valence electrons. The number of hydrogen-bond acceptors (Lipinski definition) is 3. The Balaban J connectivity index is 2.24. The Morgan fingerprint density at radius 1 is 1.42 bits per heavy atom. The quantitative estimate of drug-likeness (QED) is 0.856. The van der Waals surface area contributed by atoms with Gasteiger partial charge in [-0.3, -0.25) is 4.79 Å². The number of carbonyl (C=O) groups excluding carboxylic acids is 1. The third-order valence-electron chi connectivity index (χ3n) is 3.35. The van der Waals surface area contributed by atoms with Crippen LogP contribution in [0.25, 0.3) is 0 Å². The summed E-state index contributed by atoms with van der Waals surface area (Å²) in [7, 11) is 1.56. The molecule has 1 fully saturated rings. The fourth-order valence-corrected chi connectivity index (χ4v) is 3.20. The number of nitrogens with one attached hydrogen (secondary N) is 1. The zero-order chi connectivity index (χ0) is 14.0. The minimum absolute atomic E-state index is 0.244. The van der Waals surface area contributed by atoms with Gasteiger partial charge < -0.3 is 10.1 Å². The molecule has 19 heavy (non-hydrogen) atoms. The van der Waals surface area contributed by atoms with Gasteiger partial charge in [0.15, 0.2) is 0 Å². The van der Waals surface area contributed by atoms with Crippen LogP contribution in [-0.4, -0.2) is 13.0 Å². The predicted octanol–water partition coefficient (Wildman–Crippen LogP) is 3.85. The second-order valence-corrected chi connectivity index (χ2v) is 6.18. The van der Waals surface area contributed by atoms with Crippen LogP contribution in [0.15, 0.2) is 21.1 Å². The lowest BCUT2D eigenvalue weighted by atomic mass is 9.69. The number of hydrogen-bond donors (Lipinski definition) is 1. The van der Waals surface area contributed by atoms with E-state index in [2.05, 4.69) is 43.2 Å². The van der Waals surface area contributed by atoms with Gasteiger partial charge in [-0.25, -0.2) is 0 Å². The first-order valence-electron chi connectivity index (χ1n) is 5.78. The van der Waals surface area contributed by atoms with E-state index in [0.29, 0.717) is 24.3 Å². The number of nitrogens with zero attached hydrogens (tertiary/aromatic N) is 1. The van der Waals surface area contributed by atoms with Gasteiger partial charge in [-0.15, -0.1) is 0 Å². The Labute approximate surface area is 128 Å². The van der Waals surface area contributed by atoms with Crippen molar-refractivity contribution in [3.05, 3.63) is 21.1 Å². The zero-order valence-electron chi connectivity index (χ0n) is 10.3. The Bertz CT molecular complexity index is 562. The Morgan fingerprint density at radius 2 is 2.11 bits per heavy atom. The summed E-state index contributed by atoms with van der Waals surface area (Å²) in [5.74, 6) is 0.379. The topological polar surface area (TPSA) is 62.1 Å². The molecule has 0 atom stereocenters. The number of halogens is 2. The maximum Gasteiger partial charge on any atom is 0.244 e. The van der Waals surface area contributed by atoms with Crippen molar-refractivity contribution in [2.45, 2.75) is 19.3 Å². The average molecular weight is 388 g/mol. The van der Waals surface area contributed by atoms with Crippen molar-refractivity contribution in [2.75, 3.05) is 12.4 Å². The van der Waals surface area contributed by atoms with Crippen LogP contribution in [0.3, 0.4) is 0 Å². The van der Waals surface area contributed by atoms with E-state index in [1.165, 1.54) is 0 Å². The summed E-state index contributed by atoms with van der Waals surface area (Å²) in [5, 5.41) is 11.9. The van der Waals surface area contributed by atoms with Crippen LogP contribution in [0.4, 0.5) is 5.69 Å². The van der Waals surface area contributed by atoms with Crippen molar-refractivity contribution in [1.29, 1.82) is 5.26 Å². The van der Waals surface area contributed by atoms with E-state index in [0.717, 1.165) is 15.4 Å². The van der Waals surface area contributed by atoms with Gasteiger partial charge in [0.05, 0.1) is 23.3 Å². The number of methoxy groups -OCH3 is 1. The maximum absolute atomic E-state index is 12.2. The minimum Gasteiger partial charge on any atom is -0.495 e. The number of rotatable bonds is 3. The van der Waals surface area contributed by atoms with Crippen LogP contribution in [-0.2, 0) is 4.79 Å². The molecule has 0 spiro atoms. The summed E-state index contributed by atoms with van der Waals surface area (Å²) in [4.78, 5) is 12.2. The fourth-order valence-electron chi connectivity index (χ4n) is 1.94. The lowest BCUT2D eigenvalue weighted by Gasteiger charge is -2.33. The van der Waals surface area contributed by atoms with Gasteiger partial charge in [0, 0.05) is 10.5 Å². The summed E-state index contributed by atoms with van der Waals surface area (Å²) < 4.78 is 6.72. The number of benzene rings is 1. The number of nitriles is 1. The van der Waals surface area contributed by atoms with Crippen LogP contribution >= 0.6 is 31.9 Å². The lowest BCUT2D eigenvalue weighted by molar-refractivity contribution is -0.126. The van der Waals surface area contributed by atoms with Crippen molar-refractivity contribution < 1.29 is 9.53 Å². The van der Waals surface area contributed by atoms with Gasteiger partial charge in [0.1, 0.15) is 11.2 Å². The van der Waals surface area contributed by atoms with Gasteiger partial charge in [0.2, 0.25) is 5.91 Å². The molecule has 0 aliphatic heterocycles. The van der Waals surface area contributed by atoms with Crippen molar-refractivity contribution in [2.24, 2.45) is 5.41 Å². The molecule has 4 nitrogen and oxygen atoms in total. The second kappa shape index (κ2) is 5.51. The molecular formula is C13H12Br2N2O2. The zero-order valence-corrected chi connectivity index (χ0v) is 13.5. The molecule has 1 aromatic rings.